The maximum Gasteiger partial charge on any atom is 0.255 e. The second-order valence-corrected chi connectivity index (χ2v) is 4.89. The van der Waals surface area contributed by atoms with E-state index in [0.717, 1.165) is 11.3 Å². The van der Waals surface area contributed by atoms with E-state index in [1.807, 2.05) is 27.7 Å². The maximum absolute atomic E-state index is 11.9. The zero-order valence-electron chi connectivity index (χ0n) is 10.6. The number of nitrogens with one attached hydrogen (secondary N) is 1. The van der Waals surface area contributed by atoms with Gasteiger partial charge in [0.05, 0.1) is 5.56 Å². The van der Waals surface area contributed by atoms with Crippen LogP contribution in [0.15, 0.2) is 4.42 Å². The maximum atomic E-state index is 11.9. The Morgan fingerprint density at radius 1 is 1.31 bits per heavy atom. The molecule has 0 spiro atoms. The summed E-state index contributed by atoms with van der Waals surface area (Å²) in [5.74, 6) is 1.32. The van der Waals surface area contributed by atoms with Crippen LogP contribution in [0.25, 0.3) is 0 Å². The summed E-state index contributed by atoms with van der Waals surface area (Å²) in [5, 5.41) is 2.81. The topological polar surface area (TPSA) is 68.3 Å². The van der Waals surface area contributed by atoms with Crippen LogP contribution in [0.2, 0.25) is 0 Å². The molecule has 0 aliphatic rings. The first kappa shape index (κ1) is 12.8. The van der Waals surface area contributed by atoms with E-state index in [9.17, 15) is 4.79 Å². The number of carbonyl (C=O) groups is 1. The predicted molar refractivity (Wildman–Crippen MR) is 63.5 cm³/mol. The fourth-order valence-electron chi connectivity index (χ4n) is 1.52. The van der Waals surface area contributed by atoms with Gasteiger partial charge in [0.25, 0.3) is 5.91 Å². The molecule has 0 aromatic carbocycles. The monoisotopic (exact) mass is 224 g/mol. The second kappa shape index (κ2) is 4.29. The molecule has 0 saturated carbocycles. The van der Waals surface area contributed by atoms with Crippen molar-refractivity contribution in [3.8, 4) is 0 Å². The molecule has 1 rings (SSSR count). The van der Waals surface area contributed by atoms with Gasteiger partial charge in [-0.3, -0.25) is 4.79 Å². The lowest BCUT2D eigenvalue weighted by atomic mass is 10.1. The number of nitrogens with two attached hydrogens (primary N) is 1. The highest BCUT2D eigenvalue weighted by Gasteiger charge is 2.20. The van der Waals surface area contributed by atoms with Gasteiger partial charge in [0.1, 0.15) is 11.5 Å². The number of hydrogen-bond acceptors (Lipinski definition) is 3. The van der Waals surface area contributed by atoms with Crippen molar-refractivity contribution >= 4 is 5.91 Å². The number of carbonyl (C=O) groups excluding carboxylic acids is 1. The number of furan rings is 1. The lowest BCUT2D eigenvalue weighted by Gasteiger charge is -2.18. The third-order valence-electron chi connectivity index (χ3n) is 2.49. The molecule has 16 heavy (non-hydrogen) atoms. The molecule has 1 amide bonds. The van der Waals surface area contributed by atoms with Gasteiger partial charge in [-0.2, -0.15) is 0 Å². The third kappa shape index (κ3) is 2.85. The normalized spacial score (nSPS) is 11.6. The van der Waals surface area contributed by atoms with Crippen LogP contribution in [0.1, 0.15) is 41.3 Å². The van der Waals surface area contributed by atoms with Crippen molar-refractivity contribution in [1.29, 1.82) is 0 Å². The number of aryl methyl sites for hydroxylation is 2. The second-order valence-electron chi connectivity index (χ2n) is 4.89. The Morgan fingerprint density at radius 2 is 1.88 bits per heavy atom. The molecule has 0 aliphatic carbocycles. The summed E-state index contributed by atoms with van der Waals surface area (Å²) in [6.07, 6.45) is 0. The average molecular weight is 224 g/mol. The van der Waals surface area contributed by atoms with Crippen molar-refractivity contribution in [2.45, 2.75) is 40.2 Å². The van der Waals surface area contributed by atoms with Gasteiger partial charge in [-0.05, 0) is 34.6 Å². The van der Waals surface area contributed by atoms with E-state index in [-0.39, 0.29) is 5.91 Å². The first-order valence-electron chi connectivity index (χ1n) is 5.36. The van der Waals surface area contributed by atoms with E-state index >= 15 is 0 Å². The summed E-state index contributed by atoms with van der Waals surface area (Å²) in [7, 11) is 0. The highest BCUT2D eigenvalue weighted by Crippen LogP contribution is 2.20. The summed E-state index contributed by atoms with van der Waals surface area (Å²) < 4.78 is 5.41. The zero-order valence-corrected chi connectivity index (χ0v) is 10.6. The van der Waals surface area contributed by atoms with Gasteiger partial charge in [0.2, 0.25) is 0 Å². The molecule has 0 aliphatic heterocycles. The Bertz CT molecular complexity index is 400. The average Bonchev–Trinajstić information content (AvgIpc) is 2.36. The Balaban J connectivity index is 2.81. The van der Waals surface area contributed by atoms with Crippen LogP contribution in [0, 0.1) is 20.8 Å². The van der Waals surface area contributed by atoms with Crippen LogP contribution in [-0.4, -0.2) is 18.0 Å². The standard InChI is InChI=1S/C12H20N2O2/c1-7-8(2)16-9(3)10(7)11(15)14-6-12(4,5)13/h6,13H2,1-5H3,(H,14,15). The van der Waals surface area contributed by atoms with Crippen molar-refractivity contribution in [3.05, 3.63) is 22.6 Å². The van der Waals surface area contributed by atoms with Gasteiger partial charge in [0.15, 0.2) is 0 Å². The first-order valence-corrected chi connectivity index (χ1v) is 5.36. The van der Waals surface area contributed by atoms with Crippen LogP contribution in [0.4, 0.5) is 0 Å². The largest absolute Gasteiger partial charge is 0.466 e. The minimum atomic E-state index is -0.406. The molecular weight excluding hydrogens is 204 g/mol. The lowest BCUT2D eigenvalue weighted by Crippen LogP contribution is -2.45. The van der Waals surface area contributed by atoms with Gasteiger partial charge >= 0.3 is 0 Å². The summed E-state index contributed by atoms with van der Waals surface area (Å²) in [4.78, 5) is 11.9. The molecule has 1 heterocycles. The Labute approximate surface area is 96.2 Å². The van der Waals surface area contributed by atoms with Crippen molar-refractivity contribution < 1.29 is 9.21 Å². The van der Waals surface area contributed by atoms with E-state index in [1.54, 1.807) is 6.92 Å². The molecule has 0 atom stereocenters. The summed E-state index contributed by atoms with van der Waals surface area (Å²) in [5.41, 5.74) is 6.92. The van der Waals surface area contributed by atoms with Crippen LogP contribution in [-0.2, 0) is 0 Å². The molecular formula is C12H20N2O2. The van der Waals surface area contributed by atoms with Crippen LogP contribution in [0.5, 0.6) is 0 Å². The summed E-state index contributed by atoms with van der Waals surface area (Å²) in [6.45, 7) is 9.71. The Kier molecular flexibility index (Phi) is 3.43. The SMILES string of the molecule is Cc1oc(C)c(C(=O)NCC(C)(C)N)c1C. The highest BCUT2D eigenvalue weighted by molar-refractivity contribution is 5.96. The predicted octanol–water partition coefficient (Wildman–Crippen LogP) is 1.67. The fourth-order valence-corrected chi connectivity index (χ4v) is 1.52. The van der Waals surface area contributed by atoms with Gasteiger partial charge in [0, 0.05) is 17.6 Å². The minimum absolute atomic E-state index is 0.120. The Hall–Kier alpha value is -1.29. The molecule has 1 aromatic heterocycles. The smallest absolute Gasteiger partial charge is 0.255 e. The van der Waals surface area contributed by atoms with Crippen LogP contribution < -0.4 is 11.1 Å². The molecule has 0 fully saturated rings. The van der Waals surface area contributed by atoms with Crippen molar-refractivity contribution in [3.63, 3.8) is 0 Å². The molecule has 0 unspecified atom stereocenters. The van der Waals surface area contributed by atoms with Gasteiger partial charge in [-0.25, -0.2) is 0 Å². The molecule has 3 N–H and O–H groups in total. The molecule has 0 bridgehead atoms. The van der Waals surface area contributed by atoms with Gasteiger partial charge in [-0.1, -0.05) is 0 Å². The van der Waals surface area contributed by atoms with E-state index in [4.69, 9.17) is 10.2 Å². The summed E-state index contributed by atoms with van der Waals surface area (Å²) in [6, 6.07) is 0. The quantitative estimate of drug-likeness (QED) is 0.820. The van der Waals surface area contributed by atoms with E-state index in [2.05, 4.69) is 5.32 Å². The number of rotatable bonds is 3. The molecule has 4 nitrogen and oxygen atoms in total. The van der Waals surface area contributed by atoms with Crippen molar-refractivity contribution in [1.82, 2.24) is 5.32 Å². The van der Waals surface area contributed by atoms with Crippen LogP contribution in [0.3, 0.4) is 0 Å². The molecule has 4 heteroatoms. The van der Waals surface area contributed by atoms with Crippen molar-refractivity contribution in [2.75, 3.05) is 6.54 Å². The summed E-state index contributed by atoms with van der Waals surface area (Å²) >= 11 is 0. The fraction of sp³-hybridized carbons (Fsp3) is 0.583. The third-order valence-corrected chi connectivity index (χ3v) is 2.49. The highest BCUT2D eigenvalue weighted by atomic mass is 16.3. The van der Waals surface area contributed by atoms with E-state index < -0.39 is 5.54 Å². The van der Waals surface area contributed by atoms with Crippen molar-refractivity contribution in [2.24, 2.45) is 5.73 Å². The number of hydrogen-bond donors (Lipinski definition) is 2. The lowest BCUT2D eigenvalue weighted by molar-refractivity contribution is 0.0944. The van der Waals surface area contributed by atoms with Gasteiger partial charge < -0.3 is 15.5 Å². The zero-order chi connectivity index (χ0) is 12.5. The molecule has 0 radical (unpaired) electrons. The Morgan fingerprint density at radius 3 is 2.25 bits per heavy atom. The van der Waals surface area contributed by atoms with E-state index in [1.165, 1.54) is 0 Å². The van der Waals surface area contributed by atoms with Crippen LogP contribution >= 0.6 is 0 Å². The van der Waals surface area contributed by atoms with Gasteiger partial charge in [-0.15, -0.1) is 0 Å². The molecule has 0 saturated heterocycles. The minimum Gasteiger partial charge on any atom is -0.466 e. The van der Waals surface area contributed by atoms with E-state index in [0.29, 0.717) is 17.9 Å². The number of amides is 1. The molecule has 1 aromatic rings. The molecule has 90 valence electrons. The first-order chi connectivity index (χ1) is 7.22.